The summed E-state index contributed by atoms with van der Waals surface area (Å²) in [5.74, 6) is -1.11. The molecule has 1 unspecified atom stereocenters. The summed E-state index contributed by atoms with van der Waals surface area (Å²) in [6.07, 6.45) is 1.21. The topological polar surface area (TPSA) is 35.2 Å². The van der Waals surface area contributed by atoms with Crippen molar-refractivity contribution in [3.63, 3.8) is 0 Å². The van der Waals surface area contributed by atoms with Crippen molar-refractivity contribution < 1.29 is 13.5 Å². The van der Waals surface area contributed by atoms with Crippen LogP contribution in [0.3, 0.4) is 0 Å². The Morgan fingerprint density at radius 2 is 2.06 bits per heavy atom. The average molecular weight is 243 g/mol. The van der Waals surface area contributed by atoms with Gasteiger partial charge in [0.25, 0.3) is 0 Å². The van der Waals surface area contributed by atoms with Crippen LogP contribution in [0.25, 0.3) is 0 Å². The average Bonchev–Trinajstić information content (AvgIpc) is 2.30. The fourth-order valence-corrected chi connectivity index (χ4v) is 1.71. The van der Waals surface area contributed by atoms with Gasteiger partial charge in [-0.15, -0.1) is 0 Å². The second-order valence-electron chi connectivity index (χ2n) is 4.04. The summed E-state index contributed by atoms with van der Waals surface area (Å²) in [7, 11) is 0. The van der Waals surface area contributed by atoms with E-state index in [2.05, 4.69) is 0 Å². The second-order valence-corrected chi connectivity index (χ2v) is 4.04. The molecule has 1 rings (SSSR count). The fourth-order valence-electron chi connectivity index (χ4n) is 1.71. The van der Waals surface area contributed by atoms with Crippen LogP contribution in [0.15, 0.2) is 12.1 Å². The molecule has 0 fully saturated rings. The van der Waals surface area contributed by atoms with Gasteiger partial charge >= 0.3 is 0 Å². The molecular weight excluding hydrogens is 224 g/mol. The van der Waals surface area contributed by atoms with Gasteiger partial charge in [0.2, 0.25) is 0 Å². The summed E-state index contributed by atoms with van der Waals surface area (Å²) in [5, 5.41) is 0. The third-order valence-electron chi connectivity index (χ3n) is 2.70. The Kier molecular flexibility index (Phi) is 5.51. The maximum absolute atomic E-state index is 13.7. The van der Waals surface area contributed by atoms with Gasteiger partial charge in [0, 0.05) is 24.8 Å². The summed E-state index contributed by atoms with van der Waals surface area (Å²) in [5.41, 5.74) is 6.22. The van der Waals surface area contributed by atoms with E-state index in [0.717, 1.165) is 0 Å². The van der Waals surface area contributed by atoms with Crippen LogP contribution < -0.4 is 5.73 Å². The third-order valence-corrected chi connectivity index (χ3v) is 2.70. The zero-order valence-electron chi connectivity index (χ0n) is 10.3. The summed E-state index contributed by atoms with van der Waals surface area (Å²) < 4.78 is 32.4. The minimum absolute atomic E-state index is 0.0125. The van der Waals surface area contributed by atoms with Crippen LogP contribution in [0.2, 0.25) is 0 Å². The van der Waals surface area contributed by atoms with E-state index in [1.165, 1.54) is 12.1 Å². The molecule has 0 aliphatic rings. The summed E-state index contributed by atoms with van der Waals surface area (Å²) in [6, 6.07) is 2.06. The highest BCUT2D eigenvalue weighted by molar-refractivity contribution is 5.28. The van der Waals surface area contributed by atoms with E-state index in [0.29, 0.717) is 31.6 Å². The molecule has 96 valence electrons. The number of halogens is 2. The Morgan fingerprint density at radius 1 is 1.35 bits per heavy atom. The summed E-state index contributed by atoms with van der Waals surface area (Å²) in [6.45, 7) is 4.71. The van der Waals surface area contributed by atoms with Crippen molar-refractivity contribution in [2.24, 2.45) is 5.73 Å². The van der Waals surface area contributed by atoms with Crippen LogP contribution in [0.5, 0.6) is 0 Å². The standard InChI is InChI=1S/C13H19F2NO/c1-3-17-8-4-5-11(16)12-10(14)7-6-9(2)13(12)15/h6-7,11H,3-5,8,16H2,1-2H3. The van der Waals surface area contributed by atoms with Crippen molar-refractivity contribution in [1.82, 2.24) is 0 Å². The molecule has 1 aromatic carbocycles. The number of aryl methyl sites for hydroxylation is 1. The molecule has 0 aliphatic heterocycles. The van der Waals surface area contributed by atoms with E-state index in [4.69, 9.17) is 10.5 Å². The number of hydrogen-bond acceptors (Lipinski definition) is 2. The molecule has 1 atom stereocenters. The van der Waals surface area contributed by atoms with Crippen LogP contribution >= 0.6 is 0 Å². The van der Waals surface area contributed by atoms with Crippen molar-refractivity contribution in [1.29, 1.82) is 0 Å². The third kappa shape index (κ3) is 3.75. The summed E-state index contributed by atoms with van der Waals surface area (Å²) in [4.78, 5) is 0. The first kappa shape index (κ1) is 14.1. The summed E-state index contributed by atoms with van der Waals surface area (Å²) >= 11 is 0. The monoisotopic (exact) mass is 243 g/mol. The molecule has 0 amide bonds. The highest BCUT2D eigenvalue weighted by atomic mass is 19.1. The molecule has 2 N–H and O–H groups in total. The maximum atomic E-state index is 13.7. The Bertz CT molecular complexity index is 369. The lowest BCUT2D eigenvalue weighted by molar-refractivity contribution is 0.141. The molecule has 0 radical (unpaired) electrons. The molecule has 0 saturated heterocycles. The predicted octanol–water partition coefficient (Wildman–Crippen LogP) is 3.09. The van der Waals surface area contributed by atoms with Gasteiger partial charge in [0.05, 0.1) is 0 Å². The molecule has 4 heteroatoms. The number of hydrogen-bond donors (Lipinski definition) is 1. The number of nitrogens with two attached hydrogens (primary N) is 1. The smallest absolute Gasteiger partial charge is 0.133 e. The van der Waals surface area contributed by atoms with Crippen LogP contribution in [0.4, 0.5) is 8.78 Å². The van der Waals surface area contributed by atoms with Crippen LogP contribution in [0.1, 0.15) is 36.9 Å². The lowest BCUT2D eigenvalue weighted by Crippen LogP contribution is -2.15. The van der Waals surface area contributed by atoms with Crippen LogP contribution in [-0.4, -0.2) is 13.2 Å². The lowest BCUT2D eigenvalue weighted by atomic mass is 9.99. The molecule has 0 aromatic heterocycles. The molecule has 0 aliphatic carbocycles. The Morgan fingerprint density at radius 3 is 2.71 bits per heavy atom. The van der Waals surface area contributed by atoms with Gasteiger partial charge in [-0.25, -0.2) is 8.78 Å². The van der Waals surface area contributed by atoms with Gasteiger partial charge in [-0.3, -0.25) is 0 Å². The van der Waals surface area contributed by atoms with Gasteiger partial charge in [-0.05, 0) is 38.3 Å². The van der Waals surface area contributed by atoms with Gasteiger partial charge in [0.15, 0.2) is 0 Å². The fraction of sp³-hybridized carbons (Fsp3) is 0.538. The zero-order valence-corrected chi connectivity index (χ0v) is 10.3. The molecule has 2 nitrogen and oxygen atoms in total. The van der Waals surface area contributed by atoms with Crippen molar-refractivity contribution in [3.8, 4) is 0 Å². The second kappa shape index (κ2) is 6.67. The van der Waals surface area contributed by atoms with Crippen LogP contribution in [-0.2, 0) is 4.74 Å². The highest BCUT2D eigenvalue weighted by Gasteiger charge is 2.17. The zero-order chi connectivity index (χ0) is 12.8. The SMILES string of the molecule is CCOCCCC(N)c1c(F)ccc(C)c1F. The normalized spacial score (nSPS) is 12.8. The quantitative estimate of drug-likeness (QED) is 0.779. The van der Waals surface area contributed by atoms with E-state index < -0.39 is 17.7 Å². The first-order chi connectivity index (χ1) is 8.07. The predicted molar refractivity (Wildman–Crippen MR) is 63.8 cm³/mol. The van der Waals surface area contributed by atoms with Gasteiger partial charge in [0.1, 0.15) is 11.6 Å². The van der Waals surface area contributed by atoms with E-state index in [1.54, 1.807) is 6.92 Å². The Balaban J connectivity index is 2.68. The minimum atomic E-state index is -0.615. The highest BCUT2D eigenvalue weighted by Crippen LogP contribution is 2.24. The van der Waals surface area contributed by atoms with E-state index in [9.17, 15) is 8.78 Å². The maximum Gasteiger partial charge on any atom is 0.133 e. The molecule has 17 heavy (non-hydrogen) atoms. The van der Waals surface area contributed by atoms with Crippen molar-refractivity contribution in [2.75, 3.05) is 13.2 Å². The van der Waals surface area contributed by atoms with Crippen LogP contribution in [0, 0.1) is 18.6 Å². The largest absolute Gasteiger partial charge is 0.382 e. The number of rotatable bonds is 6. The molecule has 0 heterocycles. The molecule has 0 spiro atoms. The van der Waals surface area contributed by atoms with Gasteiger partial charge in [-0.1, -0.05) is 6.07 Å². The van der Waals surface area contributed by atoms with Crippen molar-refractivity contribution >= 4 is 0 Å². The van der Waals surface area contributed by atoms with E-state index >= 15 is 0 Å². The molecular formula is C13H19F2NO. The van der Waals surface area contributed by atoms with E-state index in [-0.39, 0.29) is 5.56 Å². The Labute approximate surface area is 101 Å². The Hall–Kier alpha value is -1.00. The van der Waals surface area contributed by atoms with E-state index in [1.807, 2.05) is 6.92 Å². The van der Waals surface area contributed by atoms with Crippen molar-refractivity contribution in [2.45, 2.75) is 32.7 Å². The minimum Gasteiger partial charge on any atom is -0.382 e. The lowest BCUT2D eigenvalue weighted by Gasteiger charge is -2.15. The first-order valence-corrected chi connectivity index (χ1v) is 5.85. The van der Waals surface area contributed by atoms with Gasteiger partial charge in [-0.2, -0.15) is 0 Å². The van der Waals surface area contributed by atoms with Gasteiger partial charge < -0.3 is 10.5 Å². The molecule has 0 bridgehead atoms. The first-order valence-electron chi connectivity index (χ1n) is 5.85. The number of ether oxygens (including phenoxy) is 1. The molecule has 1 aromatic rings. The number of benzene rings is 1. The van der Waals surface area contributed by atoms with Crippen molar-refractivity contribution in [3.05, 3.63) is 34.9 Å². The molecule has 0 saturated carbocycles.